The normalized spacial score (nSPS) is 14.3. The van der Waals surface area contributed by atoms with E-state index in [4.69, 9.17) is 4.74 Å². The Labute approximate surface area is 177 Å². The molecule has 1 amide bonds. The average molecular weight is 403 g/mol. The van der Waals surface area contributed by atoms with Gasteiger partial charge in [0.2, 0.25) is 0 Å². The van der Waals surface area contributed by atoms with Crippen LogP contribution in [-0.4, -0.2) is 38.7 Å². The van der Waals surface area contributed by atoms with Gasteiger partial charge in [-0.1, -0.05) is 48.5 Å². The van der Waals surface area contributed by atoms with Crippen molar-refractivity contribution in [3.05, 3.63) is 90.5 Å². The minimum Gasteiger partial charge on any atom is -0.484 e. The predicted molar refractivity (Wildman–Crippen MR) is 120 cm³/mol. The fourth-order valence-corrected chi connectivity index (χ4v) is 3.76. The van der Waals surface area contributed by atoms with E-state index in [-0.39, 0.29) is 12.5 Å². The number of hydrogen-bond acceptors (Lipinski definition) is 3. The SMILES string of the molecule is O=C(COc1ccccc1)Nc1ccc(N2CC[NH+](Cc3ccccc3)CC2)cc1. The van der Waals surface area contributed by atoms with Crippen LogP contribution >= 0.6 is 0 Å². The molecule has 154 valence electrons. The average Bonchev–Trinajstić information content (AvgIpc) is 2.80. The number of ether oxygens (including phenoxy) is 1. The molecule has 0 unspecified atom stereocenters. The highest BCUT2D eigenvalue weighted by molar-refractivity contribution is 5.92. The third-order valence-corrected chi connectivity index (χ3v) is 5.40. The first-order chi connectivity index (χ1) is 14.8. The number of carbonyl (C=O) groups excluding carboxylic acids is 1. The van der Waals surface area contributed by atoms with E-state index >= 15 is 0 Å². The van der Waals surface area contributed by atoms with Crippen LogP contribution in [0.25, 0.3) is 0 Å². The van der Waals surface area contributed by atoms with Crippen molar-refractivity contribution >= 4 is 17.3 Å². The Morgan fingerprint density at radius 2 is 1.50 bits per heavy atom. The lowest BCUT2D eigenvalue weighted by molar-refractivity contribution is -0.914. The summed E-state index contributed by atoms with van der Waals surface area (Å²) in [6.45, 7) is 5.43. The van der Waals surface area contributed by atoms with Crippen LogP contribution in [0, 0.1) is 0 Å². The second-order valence-corrected chi connectivity index (χ2v) is 7.60. The van der Waals surface area contributed by atoms with Crippen molar-refractivity contribution in [1.29, 1.82) is 0 Å². The molecular weight excluding hydrogens is 374 g/mol. The van der Waals surface area contributed by atoms with E-state index in [1.807, 2.05) is 42.5 Å². The van der Waals surface area contributed by atoms with Gasteiger partial charge in [0.15, 0.2) is 6.61 Å². The molecule has 0 atom stereocenters. The highest BCUT2D eigenvalue weighted by Gasteiger charge is 2.20. The van der Waals surface area contributed by atoms with Crippen LogP contribution in [-0.2, 0) is 11.3 Å². The molecule has 1 heterocycles. The Morgan fingerprint density at radius 3 is 2.17 bits per heavy atom. The second-order valence-electron chi connectivity index (χ2n) is 7.60. The largest absolute Gasteiger partial charge is 0.484 e. The molecule has 3 aromatic rings. The van der Waals surface area contributed by atoms with Crippen LogP contribution in [0.4, 0.5) is 11.4 Å². The number of rotatable bonds is 7. The summed E-state index contributed by atoms with van der Waals surface area (Å²) in [6.07, 6.45) is 0. The molecule has 0 radical (unpaired) electrons. The van der Waals surface area contributed by atoms with E-state index in [1.165, 1.54) is 11.3 Å². The van der Waals surface area contributed by atoms with Crippen molar-refractivity contribution in [1.82, 2.24) is 0 Å². The number of hydrogen-bond donors (Lipinski definition) is 2. The molecule has 5 heteroatoms. The summed E-state index contributed by atoms with van der Waals surface area (Å²) in [4.78, 5) is 16.1. The van der Waals surface area contributed by atoms with Gasteiger partial charge in [0.1, 0.15) is 12.3 Å². The van der Waals surface area contributed by atoms with Gasteiger partial charge in [-0.2, -0.15) is 0 Å². The van der Waals surface area contributed by atoms with Gasteiger partial charge in [-0.3, -0.25) is 4.79 Å². The lowest BCUT2D eigenvalue weighted by Gasteiger charge is -2.33. The number of anilines is 2. The Morgan fingerprint density at radius 1 is 0.867 bits per heavy atom. The van der Waals surface area contributed by atoms with E-state index < -0.39 is 0 Å². The topological polar surface area (TPSA) is 46.0 Å². The maximum atomic E-state index is 12.1. The van der Waals surface area contributed by atoms with Crippen molar-refractivity contribution in [3.8, 4) is 5.75 Å². The standard InChI is InChI=1S/C25H27N3O2/c29-25(20-30-24-9-5-2-6-10-24)26-22-11-13-23(14-12-22)28-17-15-27(16-18-28)19-21-7-3-1-4-8-21/h1-14H,15-20H2,(H,26,29)/p+1. The zero-order valence-corrected chi connectivity index (χ0v) is 17.1. The summed E-state index contributed by atoms with van der Waals surface area (Å²) in [6, 6.07) is 28.1. The maximum Gasteiger partial charge on any atom is 0.262 e. The van der Waals surface area contributed by atoms with Crippen LogP contribution < -0.4 is 19.9 Å². The van der Waals surface area contributed by atoms with Crippen LogP contribution in [0.5, 0.6) is 5.75 Å². The van der Waals surface area contributed by atoms with E-state index in [9.17, 15) is 4.79 Å². The quantitative estimate of drug-likeness (QED) is 0.639. The zero-order valence-electron chi connectivity index (χ0n) is 17.1. The first kappa shape index (κ1) is 20.0. The Bertz CT molecular complexity index is 922. The molecule has 0 bridgehead atoms. The van der Waals surface area contributed by atoms with Gasteiger partial charge in [0.25, 0.3) is 5.91 Å². The van der Waals surface area contributed by atoms with Gasteiger partial charge in [-0.25, -0.2) is 0 Å². The first-order valence-corrected chi connectivity index (χ1v) is 10.5. The summed E-state index contributed by atoms with van der Waals surface area (Å²) in [7, 11) is 0. The summed E-state index contributed by atoms with van der Waals surface area (Å²) in [5.74, 6) is 0.529. The summed E-state index contributed by atoms with van der Waals surface area (Å²) < 4.78 is 5.49. The van der Waals surface area contributed by atoms with E-state index in [1.54, 1.807) is 4.90 Å². The molecule has 30 heavy (non-hydrogen) atoms. The van der Waals surface area contributed by atoms with E-state index in [0.29, 0.717) is 5.75 Å². The second kappa shape index (κ2) is 9.94. The summed E-state index contributed by atoms with van der Waals surface area (Å²) >= 11 is 0. The molecular formula is C25H28N3O2+. The molecule has 2 N–H and O–H groups in total. The molecule has 0 spiro atoms. The fraction of sp³-hybridized carbons (Fsp3) is 0.240. The van der Waals surface area contributed by atoms with Crippen LogP contribution in [0.1, 0.15) is 5.56 Å². The third kappa shape index (κ3) is 5.61. The van der Waals surface area contributed by atoms with Gasteiger partial charge in [-0.15, -0.1) is 0 Å². The number of quaternary nitrogens is 1. The number of nitrogens with zero attached hydrogens (tertiary/aromatic N) is 1. The summed E-state index contributed by atoms with van der Waals surface area (Å²) in [5, 5.41) is 2.89. The predicted octanol–water partition coefficient (Wildman–Crippen LogP) is 2.61. The van der Waals surface area contributed by atoms with Crippen molar-refractivity contribution in [3.63, 3.8) is 0 Å². The van der Waals surface area contributed by atoms with Gasteiger partial charge in [0, 0.05) is 16.9 Å². The minimum absolute atomic E-state index is 0.00207. The van der Waals surface area contributed by atoms with Gasteiger partial charge < -0.3 is 19.9 Å². The minimum atomic E-state index is -0.162. The fourth-order valence-electron chi connectivity index (χ4n) is 3.76. The molecule has 5 nitrogen and oxygen atoms in total. The monoisotopic (exact) mass is 402 g/mol. The number of nitrogens with one attached hydrogen (secondary N) is 2. The number of carbonyl (C=O) groups is 1. The molecule has 0 aliphatic carbocycles. The Balaban J connectivity index is 1.23. The Kier molecular flexibility index (Phi) is 6.62. The lowest BCUT2D eigenvalue weighted by atomic mass is 10.2. The summed E-state index contributed by atoms with van der Waals surface area (Å²) in [5.41, 5.74) is 3.39. The van der Waals surface area contributed by atoms with Crippen LogP contribution in [0.2, 0.25) is 0 Å². The molecule has 0 aromatic heterocycles. The van der Waals surface area contributed by atoms with Crippen molar-refractivity contribution in [2.24, 2.45) is 0 Å². The molecule has 1 aliphatic heterocycles. The molecule has 1 fully saturated rings. The molecule has 1 saturated heterocycles. The lowest BCUT2D eigenvalue weighted by Crippen LogP contribution is -3.13. The van der Waals surface area contributed by atoms with Crippen molar-refractivity contribution in [2.45, 2.75) is 6.54 Å². The zero-order chi connectivity index (χ0) is 20.6. The van der Waals surface area contributed by atoms with Gasteiger partial charge in [-0.05, 0) is 36.4 Å². The smallest absolute Gasteiger partial charge is 0.262 e. The van der Waals surface area contributed by atoms with Crippen molar-refractivity contribution < 1.29 is 14.4 Å². The number of amides is 1. The highest BCUT2D eigenvalue weighted by Crippen LogP contribution is 2.18. The third-order valence-electron chi connectivity index (χ3n) is 5.40. The molecule has 3 aromatic carbocycles. The number of piperazine rings is 1. The maximum absolute atomic E-state index is 12.1. The molecule has 0 saturated carbocycles. The van der Waals surface area contributed by atoms with E-state index in [2.05, 4.69) is 52.7 Å². The highest BCUT2D eigenvalue weighted by atomic mass is 16.5. The number of para-hydroxylation sites is 1. The van der Waals surface area contributed by atoms with E-state index in [0.717, 1.165) is 38.4 Å². The first-order valence-electron chi connectivity index (χ1n) is 10.5. The van der Waals surface area contributed by atoms with Crippen molar-refractivity contribution in [2.75, 3.05) is 43.0 Å². The number of benzene rings is 3. The van der Waals surface area contributed by atoms with Gasteiger partial charge in [0.05, 0.1) is 26.2 Å². The van der Waals surface area contributed by atoms with Gasteiger partial charge >= 0.3 is 0 Å². The molecule has 1 aliphatic rings. The van der Waals surface area contributed by atoms with Crippen LogP contribution in [0.15, 0.2) is 84.9 Å². The van der Waals surface area contributed by atoms with Crippen LogP contribution in [0.3, 0.4) is 0 Å². The molecule has 4 rings (SSSR count). The Hall–Kier alpha value is -3.31.